The van der Waals surface area contributed by atoms with Crippen molar-refractivity contribution in [2.45, 2.75) is 19.4 Å². The fourth-order valence-corrected chi connectivity index (χ4v) is 2.63. The van der Waals surface area contributed by atoms with Crippen molar-refractivity contribution in [2.75, 3.05) is 13.2 Å². The molecule has 0 radical (unpaired) electrons. The van der Waals surface area contributed by atoms with Gasteiger partial charge < -0.3 is 10.1 Å². The van der Waals surface area contributed by atoms with Crippen molar-refractivity contribution in [1.29, 1.82) is 0 Å². The van der Waals surface area contributed by atoms with Crippen LogP contribution >= 0.6 is 0 Å². The van der Waals surface area contributed by atoms with E-state index in [1.54, 1.807) is 36.4 Å². The minimum absolute atomic E-state index is 0.00167. The van der Waals surface area contributed by atoms with Crippen LogP contribution in [0.3, 0.4) is 0 Å². The fraction of sp³-hybridized carbons (Fsp3) is 0.250. The molecule has 1 amide bonds. The molecule has 0 fully saturated rings. The van der Waals surface area contributed by atoms with Gasteiger partial charge in [-0.05, 0) is 36.2 Å². The summed E-state index contributed by atoms with van der Waals surface area (Å²) in [4.78, 5) is 35.8. The lowest BCUT2D eigenvalue weighted by atomic mass is 10.1. The number of hydrogen-bond acceptors (Lipinski definition) is 6. The Kier molecular flexibility index (Phi) is 6.62. The lowest BCUT2D eigenvalue weighted by molar-refractivity contribution is -0.148. The highest BCUT2D eigenvalue weighted by Gasteiger charge is 2.10. The van der Waals surface area contributed by atoms with Gasteiger partial charge in [0.25, 0.3) is 11.5 Å². The second kappa shape index (κ2) is 9.54. The first-order valence-corrected chi connectivity index (χ1v) is 9.02. The zero-order valence-corrected chi connectivity index (χ0v) is 15.5. The highest BCUT2D eigenvalue weighted by atomic mass is 19.1. The van der Waals surface area contributed by atoms with E-state index in [9.17, 15) is 18.8 Å². The lowest BCUT2D eigenvalue weighted by Crippen LogP contribution is -2.31. The number of fused-ring (bicyclic) bond motifs is 1. The summed E-state index contributed by atoms with van der Waals surface area (Å²) in [5.41, 5.74) is 1.02. The molecule has 9 heteroatoms. The monoisotopic (exact) mass is 398 g/mol. The molecule has 1 N–H and O–H groups in total. The van der Waals surface area contributed by atoms with Crippen LogP contribution in [0, 0.1) is 5.82 Å². The number of aryl methyl sites for hydroxylation is 1. The van der Waals surface area contributed by atoms with Gasteiger partial charge in [0.2, 0.25) is 0 Å². The highest BCUT2D eigenvalue weighted by Crippen LogP contribution is 2.04. The summed E-state index contributed by atoms with van der Waals surface area (Å²) >= 11 is 0. The molecule has 29 heavy (non-hydrogen) atoms. The summed E-state index contributed by atoms with van der Waals surface area (Å²) in [6.45, 7) is -0.0771. The molecule has 0 aliphatic heterocycles. The standard InChI is InChI=1S/C20H19FN4O4/c21-15-7-5-14(6-8-15)9-11-22-18(26)13-29-19(27)10-12-25-20(28)16-3-1-2-4-17(16)23-24-25/h1-8H,9-13H2,(H,22,26). The lowest BCUT2D eigenvalue weighted by Gasteiger charge is -2.07. The normalized spacial score (nSPS) is 10.7. The highest BCUT2D eigenvalue weighted by molar-refractivity contribution is 5.80. The van der Waals surface area contributed by atoms with Crippen molar-refractivity contribution >= 4 is 22.8 Å². The zero-order chi connectivity index (χ0) is 20.6. The third-order valence-corrected chi connectivity index (χ3v) is 4.17. The summed E-state index contributed by atoms with van der Waals surface area (Å²) < 4.78 is 18.8. The van der Waals surface area contributed by atoms with Crippen LogP contribution in [-0.2, 0) is 27.3 Å². The van der Waals surface area contributed by atoms with Crippen LogP contribution in [0.25, 0.3) is 10.9 Å². The second-order valence-corrected chi connectivity index (χ2v) is 6.27. The van der Waals surface area contributed by atoms with Gasteiger partial charge >= 0.3 is 5.97 Å². The number of hydrogen-bond donors (Lipinski definition) is 1. The van der Waals surface area contributed by atoms with E-state index in [4.69, 9.17) is 4.74 Å². The van der Waals surface area contributed by atoms with Gasteiger partial charge in [-0.15, -0.1) is 5.10 Å². The summed E-state index contributed by atoms with van der Waals surface area (Å²) in [5.74, 6) is -1.38. The van der Waals surface area contributed by atoms with E-state index < -0.39 is 18.5 Å². The maximum absolute atomic E-state index is 12.8. The van der Waals surface area contributed by atoms with Crippen LogP contribution in [0.15, 0.2) is 53.3 Å². The van der Waals surface area contributed by atoms with Gasteiger partial charge in [-0.1, -0.05) is 29.5 Å². The molecule has 1 aromatic heterocycles. The number of nitrogens with one attached hydrogen (secondary N) is 1. The first-order valence-electron chi connectivity index (χ1n) is 9.02. The number of halogens is 1. The first kappa shape index (κ1) is 20.1. The molecule has 0 spiro atoms. The molecule has 150 valence electrons. The number of carbonyl (C=O) groups is 2. The molecule has 0 unspecified atom stereocenters. The van der Waals surface area contributed by atoms with Crippen molar-refractivity contribution in [3.63, 3.8) is 0 Å². The van der Waals surface area contributed by atoms with Crippen molar-refractivity contribution in [3.8, 4) is 0 Å². The molecule has 0 aliphatic rings. The average molecular weight is 398 g/mol. The van der Waals surface area contributed by atoms with Gasteiger partial charge in [0.15, 0.2) is 6.61 Å². The van der Waals surface area contributed by atoms with Crippen molar-refractivity contribution < 1.29 is 18.7 Å². The Bertz CT molecular complexity index is 1070. The number of amides is 1. The number of nitrogens with zero attached hydrogens (tertiary/aromatic N) is 3. The van der Waals surface area contributed by atoms with Crippen molar-refractivity contribution in [1.82, 2.24) is 20.3 Å². The maximum atomic E-state index is 12.8. The SMILES string of the molecule is O=C(COC(=O)CCn1nnc2ccccc2c1=O)NCCc1ccc(F)cc1. The molecule has 8 nitrogen and oxygen atoms in total. The van der Waals surface area contributed by atoms with Gasteiger partial charge in [0.1, 0.15) is 11.3 Å². The number of carbonyl (C=O) groups excluding carboxylic acids is 2. The number of ether oxygens (including phenoxy) is 1. The Morgan fingerprint density at radius 1 is 1.10 bits per heavy atom. The number of rotatable bonds is 8. The van der Waals surface area contributed by atoms with Crippen LogP contribution in [-0.4, -0.2) is 40.0 Å². The van der Waals surface area contributed by atoms with Crippen LogP contribution in [0.5, 0.6) is 0 Å². The minimum Gasteiger partial charge on any atom is -0.456 e. The Morgan fingerprint density at radius 3 is 2.66 bits per heavy atom. The summed E-state index contributed by atoms with van der Waals surface area (Å²) in [6, 6.07) is 12.8. The first-order chi connectivity index (χ1) is 14.0. The van der Waals surface area contributed by atoms with Gasteiger partial charge in [-0.25, -0.2) is 9.07 Å². The number of benzene rings is 2. The van der Waals surface area contributed by atoms with Crippen LogP contribution < -0.4 is 10.9 Å². The summed E-state index contributed by atoms with van der Waals surface area (Å²) in [5, 5.41) is 10.8. The van der Waals surface area contributed by atoms with E-state index in [2.05, 4.69) is 15.6 Å². The van der Waals surface area contributed by atoms with Gasteiger partial charge in [-0.3, -0.25) is 14.4 Å². The van der Waals surface area contributed by atoms with E-state index in [1.807, 2.05) is 0 Å². The van der Waals surface area contributed by atoms with Crippen molar-refractivity contribution in [2.24, 2.45) is 0 Å². The molecule has 1 heterocycles. The van der Waals surface area contributed by atoms with E-state index in [0.717, 1.165) is 10.2 Å². The van der Waals surface area contributed by atoms with E-state index in [-0.39, 0.29) is 24.3 Å². The van der Waals surface area contributed by atoms with Crippen molar-refractivity contribution in [3.05, 3.63) is 70.3 Å². The zero-order valence-electron chi connectivity index (χ0n) is 15.5. The minimum atomic E-state index is -0.624. The maximum Gasteiger partial charge on any atom is 0.308 e. The van der Waals surface area contributed by atoms with Gasteiger partial charge in [0, 0.05) is 6.54 Å². The molecule has 0 saturated heterocycles. The average Bonchev–Trinajstić information content (AvgIpc) is 2.73. The van der Waals surface area contributed by atoms with E-state index in [0.29, 0.717) is 23.9 Å². The largest absolute Gasteiger partial charge is 0.456 e. The van der Waals surface area contributed by atoms with Crippen LogP contribution in [0.4, 0.5) is 4.39 Å². The van der Waals surface area contributed by atoms with E-state index >= 15 is 0 Å². The Hall–Kier alpha value is -3.62. The second-order valence-electron chi connectivity index (χ2n) is 6.27. The third-order valence-electron chi connectivity index (χ3n) is 4.17. The molecule has 3 rings (SSSR count). The topological polar surface area (TPSA) is 103 Å². The molecular weight excluding hydrogens is 379 g/mol. The Labute approximate surface area is 165 Å². The summed E-state index contributed by atoms with van der Waals surface area (Å²) in [6.07, 6.45) is 0.416. The molecule has 0 atom stereocenters. The third kappa shape index (κ3) is 5.68. The number of esters is 1. The fourth-order valence-electron chi connectivity index (χ4n) is 2.63. The Balaban J connectivity index is 1.39. The summed E-state index contributed by atoms with van der Waals surface area (Å²) in [7, 11) is 0. The number of aromatic nitrogens is 3. The molecule has 0 bridgehead atoms. The molecule has 3 aromatic rings. The predicted molar refractivity (Wildman–Crippen MR) is 102 cm³/mol. The smallest absolute Gasteiger partial charge is 0.308 e. The molecule has 0 aliphatic carbocycles. The van der Waals surface area contributed by atoms with Gasteiger partial charge in [0.05, 0.1) is 18.4 Å². The molecular formula is C20H19FN4O4. The predicted octanol–water partition coefficient (Wildman–Crippen LogP) is 1.22. The molecule has 0 saturated carbocycles. The van der Waals surface area contributed by atoms with Gasteiger partial charge in [-0.2, -0.15) is 0 Å². The van der Waals surface area contributed by atoms with Crippen LogP contribution in [0.2, 0.25) is 0 Å². The quantitative estimate of drug-likeness (QED) is 0.573. The van der Waals surface area contributed by atoms with Crippen LogP contribution in [0.1, 0.15) is 12.0 Å². The Morgan fingerprint density at radius 2 is 1.86 bits per heavy atom. The van der Waals surface area contributed by atoms with E-state index in [1.165, 1.54) is 12.1 Å². The molecule has 2 aromatic carbocycles.